The van der Waals surface area contributed by atoms with Crippen molar-refractivity contribution in [2.45, 2.75) is 31.7 Å². The Morgan fingerprint density at radius 3 is 2.59 bits per heavy atom. The zero-order chi connectivity index (χ0) is 21.2. The second-order valence-electron chi connectivity index (χ2n) is 7.38. The van der Waals surface area contributed by atoms with Crippen molar-refractivity contribution in [3.63, 3.8) is 0 Å². The number of aliphatic carboxylic acids is 1. The Balaban J connectivity index is 1.78. The highest BCUT2D eigenvalue weighted by atomic mass is 32.2. The van der Waals surface area contributed by atoms with E-state index in [1.54, 1.807) is 24.5 Å². The molecular formula is C19H24N4O5S. The summed E-state index contributed by atoms with van der Waals surface area (Å²) in [6.45, 7) is 0. The fraction of sp³-hybridized carbons (Fsp3) is 0.421. The molecule has 2 heterocycles. The summed E-state index contributed by atoms with van der Waals surface area (Å²) in [7, 11) is -1.52. The smallest absolute Gasteiger partial charge is 0.328 e. The lowest BCUT2D eigenvalue weighted by Crippen LogP contribution is -2.37. The number of rotatable bonds is 6. The van der Waals surface area contributed by atoms with Gasteiger partial charge in [0.05, 0.1) is 11.3 Å². The number of sulfonamides is 1. The molecule has 2 aromatic heterocycles. The van der Waals surface area contributed by atoms with Crippen molar-refractivity contribution in [1.82, 2.24) is 9.55 Å². The first-order valence-electron chi connectivity index (χ1n) is 9.30. The van der Waals surface area contributed by atoms with Crippen molar-refractivity contribution in [3.8, 4) is 0 Å². The van der Waals surface area contributed by atoms with Gasteiger partial charge in [0.1, 0.15) is 5.82 Å². The van der Waals surface area contributed by atoms with Crippen molar-refractivity contribution in [3.05, 3.63) is 36.7 Å². The first-order chi connectivity index (χ1) is 13.7. The molecule has 0 aromatic carbocycles. The van der Waals surface area contributed by atoms with Gasteiger partial charge in [-0.2, -0.15) is 0 Å². The summed E-state index contributed by atoms with van der Waals surface area (Å²) < 4.78 is 24.0. The average Bonchev–Trinajstić information content (AvgIpc) is 3.09. The lowest BCUT2D eigenvalue weighted by atomic mass is 9.86. The molecule has 0 bridgehead atoms. The van der Waals surface area contributed by atoms with Gasteiger partial charge in [-0.15, -0.1) is 0 Å². The number of pyridine rings is 1. The maximum Gasteiger partial charge on any atom is 0.328 e. The van der Waals surface area contributed by atoms with Crippen LogP contribution in [0.3, 0.4) is 0 Å². The summed E-state index contributed by atoms with van der Waals surface area (Å²) >= 11 is 0. The lowest BCUT2D eigenvalue weighted by Gasteiger charge is -2.35. The van der Waals surface area contributed by atoms with Crippen LogP contribution in [0.5, 0.6) is 0 Å². The van der Waals surface area contributed by atoms with Crippen molar-refractivity contribution >= 4 is 38.6 Å². The SMILES string of the molecule is CN(c1nccc2c1ccn2C(=O)/C=C\C(=O)O)C1CCC(CS(N)(=O)=O)CC1. The molecule has 0 unspecified atom stereocenters. The molecular weight excluding hydrogens is 396 g/mol. The first-order valence-corrected chi connectivity index (χ1v) is 11.0. The summed E-state index contributed by atoms with van der Waals surface area (Å²) in [5.74, 6) is -0.809. The molecule has 0 saturated heterocycles. The van der Waals surface area contributed by atoms with Gasteiger partial charge in [0.2, 0.25) is 10.0 Å². The summed E-state index contributed by atoms with van der Waals surface area (Å²) in [6.07, 6.45) is 8.25. The lowest BCUT2D eigenvalue weighted by molar-refractivity contribution is -0.131. The highest BCUT2D eigenvalue weighted by Gasteiger charge is 2.27. The third-order valence-electron chi connectivity index (χ3n) is 5.37. The van der Waals surface area contributed by atoms with Gasteiger partial charge in [0, 0.05) is 43.0 Å². The van der Waals surface area contributed by atoms with E-state index in [0.29, 0.717) is 5.52 Å². The number of carboxylic acid groups (broad SMARTS) is 1. The highest BCUT2D eigenvalue weighted by Crippen LogP contribution is 2.32. The number of hydrogen-bond donors (Lipinski definition) is 2. The van der Waals surface area contributed by atoms with Crippen LogP contribution in [0.2, 0.25) is 0 Å². The van der Waals surface area contributed by atoms with Crippen molar-refractivity contribution < 1.29 is 23.1 Å². The van der Waals surface area contributed by atoms with Crippen LogP contribution in [0.1, 0.15) is 30.5 Å². The predicted molar refractivity (Wildman–Crippen MR) is 109 cm³/mol. The van der Waals surface area contributed by atoms with E-state index in [9.17, 15) is 18.0 Å². The number of carbonyl (C=O) groups is 2. The molecule has 0 amide bonds. The Morgan fingerprint density at radius 1 is 1.28 bits per heavy atom. The number of carboxylic acids is 1. The molecule has 1 aliphatic carbocycles. The van der Waals surface area contributed by atoms with Crippen LogP contribution in [0.15, 0.2) is 36.7 Å². The molecule has 3 rings (SSSR count). The molecule has 0 atom stereocenters. The summed E-state index contributed by atoms with van der Waals surface area (Å²) in [5.41, 5.74) is 0.643. The molecule has 29 heavy (non-hydrogen) atoms. The van der Waals surface area contributed by atoms with Gasteiger partial charge in [-0.1, -0.05) is 0 Å². The monoisotopic (exact) mass is 420 g/mol. The fourth-order valence-electron chi connectivity index (χ4n) is 3.95. The van der Waals surface area contributed by atoms with Gasteiger partial charge in [-0.05, 0) is 43.7 Å². The average molecular weight is 420 g/mol. The van der Waals surface area contributed by atoms with Crippen LogP contribution in [0, 0.1) is 5.92 Å². The number of fused-ring (bicyclic) bond motifs is 1. The molecule has 156 valence electrons. The second kappa shape index (κ2) is 8.34. The van der Waals surface area contributed by atoms with Crippen LogP contribution in [0.25, 0.3) is 10.9 Å². The number of primary sulfonamides is 1. The summed E-state index contributed by atoms with van der Waals surface area (Å²) in [6, 6.07) is 3.70. The third kappa shape index (κ3) is 5.01. The van der Waals surface area contributed by atoms with Crippen LogP contribution < -0.4 is 10.0 Å². The molecule has 1 fully saturated rings. The zero-order valence-corrected chi connectivity index (χ0v) is 16.9. The van der Waals surface area contributed by atoms with E-state index < -0.39 is 21.9 Å². The molecule has 0 radical (unpaired) electrons. The standard InChI is InChI=1S/C19H24N4O5S/c1-22(14-4-2-13(3-5-14)12-29(20,27)28)19-15-9-11-23(16(15)8-10-21-19)17(24)6-7-18(25)26/h6-11,13-14H,2-5,12H2,1H3,(H,25,26)(H2,20,27,28)/b7-6-. The van der Waals surface area contributed by atoms with E-state index in [2.05, 4.69) is 9.88 Å². The first kappa shape index (κ1) is 21.0. The van der Waals surface area contributed by atoms with E-state index in [1.165, 1.54) is 4.57 Å². The van der Waals surface area contributed by atoms with Gasteiger partial charge < -0.3 is 10.0 Å². The highest BCUT2D eigenvalue weighted by molar-refractivity contribution is 7.89. The second-order valence-corrected chi connectivity index (χ2v) is 9.04. The van der Waals surface area contributed by atoms with Crippen LogP contribution >= 0.6 is 0 Å². The van der Waals surface area contributed by atoms with E-state index in [-0.39, 0.29) is 17.7 Å². The topological polar surface area (TPSA) is 136 Å². The van der Waals surface area contributed by atoms with Crippen molar-refractivity contribution in [1.29, 1.82) is 0 Å². The fourth-order valence-corrected chi connectivity index (χ4v) is 4.94. The van der Waals surface area contributed by atoms with E-state index in [4.69, 9.17) is 10.2 Å². The Bertz CT molecular complexity index is 1050. The number of carbonyl (C=O) groups excluding carboxylic acids is 1. The third-order valence-corrected chi connectivity index (χ3v) is 6.30. The van der Waals surface area contributed by atoms with Crippen LogP contribution in [-0.2, 0) is 14.8 Å². The predicted octanol–water partition coefficient (Wildman–Crippen LogP) is 1.60. The largest absolute Gasteiger partial charge is 0.478 e. The Kier molecular flexibility index (Phi) is 6.04. The Morgan fingerprint density at radius 2 is 1.97 bits per heavy atom. The molecule has 0 spiro atoms. The molecule has 0 aliphatic heterocycles. The normalized spacial score (nSPS) is 20.2. The minimum Gasteiger partial charge on any atom is -0.478 e. The van der Waals surface area contributed by atoms with Gasteiger partial charge in [0.25, 0.3) is 5.91 Å². The number of anilines is 1. The number of allylic oxidation sites excluding steroid dienone is 1. The van der Waals surface area contributed by atoms with Crippen molar-refractivity contribution in [2.24, 2.45) is 11.1 Å². The van der Waals surface area contributed by atoms with E-state index >= 15 is 0 Å². The van der Waals surface area contributed by atoms with Crippen LogP contribution in [-0.4, -0.2) is 53.8 Å². The number of nitrogens with zero attached hydrogens (tertiary/aromatic N) is 3. The van der Waals surface area contributed by atoms with Crippen molar-refractivity contribution in [2.75, 3.05) is 17.7 Å². The van der Waals surface area contributed by atoms with Gasteiger partial charge in [-0.25, -0.2) is 23.3 Å². The van der Waals surface area contributed by atoms with Gasteiger partial charge >= 0.3 is 5.97 Å². The quantitative estimate of drug-likeness (QED) is 0.678. The maximum atomic E-state index is 12.3. The Hall–Kier alpha value is -2.72. The van der Waals surface area contributed by atoms with Gasteiger partial charge in [-0.3, -0.25) is 9.36 Å². The summed E-state index contributed by atoms with van der Waals surface area (Å²) in [4.78, 5) is 29.5. The zero-order valence-electron chi connectivity index (χ0n) is 16.1. The van der Waals surface area contributed by atoms with E-state index in [0.717, 1.165) is 49.0 Å². The van der Waals surface area contributed by atoms with E-state index in [1.807, 2.05) is 7.05 Å². The number of nitrogens with two attached hydrogens (primary N) is 1. The molecule has 1 aliphatic rings. The maximum absolute atomic E-state index is 12.3. The molecule has 2 aromatic rings. The minimum absolute atomic E-state index is 0.0199. The van der Waals surface area contributed by atoms with Gasteiger partial charge in [0.15, 0.2) is 0 Å². The minimum atomic E-state index is -3.46. The summed E-state index contributed by atoms with van der Waals surface area (Å²) in [5, 5.41) is 14.7. The molecule has 9 nitrogen and oxygen atoms in total. The number of hydrogen-bond acceptors (Lipinski definition) is 6. The molecule has 1 saturated carbocycles. The molecule has 3 N–H and O–H groups in total. The Labute approximate surface area is 168 Å². The van der Waals surface area contributed by atoms with Crippen LogP contribution in [0.4, 0.5) is 5.82 Å². The molecule has 10 heteroatoms. The number of aromatic nitrogens is 2.